The van der Waals surface area contributed by atoms with E-state index in [0.29, 0.717) is 13.0 Å². The van der Waals surface area contributed by atoms with Crippen molar-refractivity contribution in [1.29, 1.82) is 0 Å². The lowest BCUT2D eigenvalue weighted by Crippen LogP contribution is -2.51. The molecule has 0 aromatic carbocycles. The summed E-state index contributed by atoms with van der Waals surface area (Å²) in [5.41, 5.74) is -1.10. The maximum absolute atomic E-state index is 11.6. The van der Waals surface area contributed by atoms with Crippen LogP contribution in [0.1, 0.15) is 71.6 Å². The first-order valence-electron chi connectivity index (χ1n) is 8.24. The first-order chi connectivity index (χ1) is 10.0. The minimum atomic E-state index is -1.10. The van der Waals surface area contributed by atoms with Crippen LogP contribution in [0.15, 0.2) is 12.2 Å². The molecule has 4 heteroatoms. The predicted molar refractivity (Wildman–Crippen MR) is 84.1 cm³/mol. The lowest BCUT2D eigenvalue weighted by atomic mass is 9.94. The Balaban J connectivity index is 2.46. The van der Waals surface area contributed by atoms with Crippen LogP contribution in [-0.2, 0) is 9.59 Å². The molecule has 0 aliphatic carbocycles. The molecule has 0 bridgehead atoms. The summed E-state index contributed by atoms with van der Waals surface area (Å²) in [7, 11) is 0. The van der Waals surface area contributed by atoms with Gasteiger partial charge in [-0.05, 0) is 25.7 Å². The second kappa shape index (κ2) is 8.85. The Morgan fingerprint density at radius 3 is 2.48 bits per heavy atom. The van der Waals surface area contributed by atoms with Crippen LogP contribution >= 0.6 is 0 Å². The number of nitrogens with zero attached hydrogens (tertiary/aromatic N) is 1. The summed E-state index contributed by atoms with van der Waals surface area (Å²) in [6, 6.07) is 0. The highest BCUT2D eigenvalue weighted by molar-refractivity contribution is 5.88. The van der Waals surface area contributed by atoms with Crippen LogP contribution in [0.5, 0.6) is 0 Å². The summed E-state index contributed by atoms with van der Waals surface area (Å²) < 4.78 is 0. The molecule has 1 unspecified atom stereocenters. The van der Waals surface area contributed by atoms with Gasteiger partial charge in [0.2, 0.25) is 5.91 Å². The first kappa shape index (κ1) is 17.7. The van der Waals surface area contributed by atoms with E-state index in [1.54, 1.807) is 6.08 Å². The highest BCUT2D eigenvalue weighted by Crippen LogP contribution is 2.31. The molecule has 0 aromatic heterocycles. The van der Waals surface area contributed by atoms with Gasteiger partial charge in [-0.15, -0.1) is 0 Å². The van der Waals surface area contributed by atoms with Gasteiger partial charge in [0.25, 0.3) is 0 Å². The van der Waals surface area contributed by atoms with Crippen LogP contribution < -0.4 is 0 Å². The Labute approximate surface area is 128 Å². The molecule has 120 valence electrons. The predicted octanol–water partition coefficient (Wildman–Crippen LogP) is 3.76. The SMILES string of the molecule is CCCCCCCC/C=C/C1(C(=O)O)CCCN1C(C)=O. The van der Waals surface area contributed by atoms with E-state index in [1.165, 1.54) is 43.9 Å². The molecule has 1 atom stereocenters. The minimum Gasteiger partial charge on any atom is -0.479 e. The van der Waals surface area contributed by atoms with Crippen LogP contribution in [0.3, 0.4) is 0 Å². The van der Waals surface area contributed by atoms with Gasteiger partial charge in [0.15, 0.2) is 5.54 Å². The average molecular weight is 295 g/mol. The van der Waals surface area contributed by atoms with Crippen molar-refractivity contribution in [3.8, 4) is 0 Å². The largest absolute Gasteiger partial charge is 0.479 e. The number of carboxylic acids is 1. The number of unbranched alkanes of at least 4 members (excludes halogenated alkanes) is 6. The number of carboxylic acid groups (broad SMARTS) is 1. The van der Waals surface area contributed by atoms with Gasteiger partial charge in [0, 0.05) is 13.5 Å². The third-order valence-electron chi connectivity index (χ3n) is 4.29. The second-order valence-corrected chi connectivity index (χ2v) is 5.96. The number of likely N-dealkylation sites (tertiary alicyclic amines) is 1. The number of hydrogen-bond acceptors (Lipinski definition) is 2. The lowest BCUT2D eigenvalue weighted by Gasteiger charge is -2.31. The molecule has 0 saturated carbocycles. The van der Waals surface area contributed by atoms with Crippen LogP contribution in [0.2, 0.25) is 0 Å². The van der Waals surface area contributed by atoms with E-state index in [-0.39, 0.29) is 5.91 Å². The lowest BCUT2D eigenvalue weighted by molar-refractivity contribution is -0.152. The van der Waals surface area contributed by atoms with Crippen molar-refractivity contribution in [3.63, 3.8) is 0 Å². The summed E-state index contributed by atoms with van der Waals surface area (Å²) in [5.74, 6) is -1.06. The fraction of sp³-hybridized carbons (Fsp3) is 0.765. The number of aliphatic carboxylic acids is 1. The molecule has 1 saturated heterocycles. The van der Waals surface area contributed by atoms with Gasteiger partial charge in [-0.25, -0.2) is 4.79 Å². The van der Waals surface area contributed by atoms with E-state index < -0.39 is 11.5 Å². The van der Waals surface area contributed by atoms with Crippen molar-refractivity contribution in [2.24, 2.45) is 0 Å². The molecular formula is C17H29NO3. The van der Waals surface area contributed by atoms with E-state index in [1.807, 2.05) is 6.08 Å². The fourth-order valence-corrected chi connectivity index (χ4v) is 3.07. The third kappa shape index (κ3) is 4.87. The standard InChI is InChI=1S/C17H29NO3/c1-3-4-5-6-7-8-9-10-12-17(16(20)21)13-11-14-18(17)15(2)19/h10,12H,3-9,11,13-14H2,1-2H3,(H,20,21)/b12-10+. The van der Waals surface area contributed by atoms with E-state index in [0.717, 1.165) is 19.3 Å². The second-order valence-electron chi connectivity index (χ2n) is 5.96. The van der Waals surface area contributed by atoms with E-state index in [9.17, 15) is 14.7 Å². The smallest absolute Gasteiger partial charge is 0.333 e. The molecule has 1 rings (SSSR count). The monoisotopic (exact) mass is 295 g/mol. The normalized spacial score (nSPS) is 22.1. The molecule has 0 radical (unpaired) electrons. The topological polar surface area (TPSA) is 57.6 Å². The van der Waals surface area contributed by atoms with Crippen LogP contribution in [0, 0.1) is 0 Å². The highest BCUT2D eigenvalue weighted by Gasteiger charge is 2.46. The van der Waals surface area contributed by atoms with Crippen molar-refractivity contribution in [3.05, 3.63) is 12.2 Å². The van der Waals surface area contributed by atoms with Crippen molar-refractivity contribution >= 4 is 11.9 Å². The number of hydrogen-bond donors (Lipinski definition) is 1. The number of carbonyl (C=O) groups excluding carboxylic acids is 1. The van der Waals surface area contributed by atoms with Gasteiger partial charge in [0.05, 0.1) is 0 Å². The summed E-state index contributed by atoms with van der Waals surface area (Å²) in [4.78, 5) is 24.8. The molecule has 1 amide bonds. The van der Waals surface area contributed by atoms with Gasteiger partial charge in [0.1, 0.15) is 0 Å². The van der Waals surface area contributed by atoms with Crippen molar-refractivity contribution in [2.45, 2.75) is 77.2 Å². The van der Waals surface area contributed by atoms with Crippen LogP contribution in [0.4, 0.5) is 0 Å². The van der Waals surface area contributed by atoms with Gasteiger partial charge in [-0.2, -0.15) is 0 Å². The van der Waals surface area contributed by atoms with E-state index >= 15 is 0 Å². The van der Waals surface area contributed by atoms with Crippen LogP contribution in [0.25, 0.3) is 0 Å². The molecule has 1 fully saturated rings. The van der Waals surface area contributed by atoms with Gasteiger partial charge in [-0.3, -0.25) is 4.79 Å². The Hall–Kier alpha value is -1.32. The maximum Gasteiger partial charge on any atom is 0.333 e. The molecule has 1 aliphatic rings. The maximum atomic E-state index is 11.6. The van der Waals surface area contributed by atoms with Crippen molar-refractivity contribution in [2.75, 3.05) is 6.54 Å². The Morgan fingerprint density at radius 1 is 1.19 bits per heavy atom. The van der Waals surface area contributed by atoms with Crippen molar-refractivity contribution < 1.29 is 14.7 Å². The average Bonchev–Trinajstić information content (AvgIpc) is 2.87. The molecular weight excluding hydrogens is 266 g/mol. The van der Waals surface area contributed by atoms with Gasteiger partial charge >= 0.3 is 5.97 Å². The third-order valence-corrected chi connectivity index (χ3v) is 4.29. The molecule has 1 aliphatic heterocycles. The number of carbonyl (C=O) groups is 2. The van der Waals surface area contributed by atoms with Crippen molar-refractivity contribution in [1.82, 2.24) is 4.90 Å². The Bertz CT molecular complexity index is 378. The summed E-state index contributed by atoms with van der Waals surface area (Å²) >= 11 is 0. The molecule has 0 spiro atoms. The Morgan fingerprint density at radius 2 is 1.86 bits per heavy atom. The quantitative estimate of drug-likeness (QED) is 0.520. The number of allylic oxidation sites excluding steroid dienone is 1. The summed E-state index contributed by atoms with van der Waals surface area (Å²) in [6.45, 7) is 4.20. The molecule has 0 aromatic rings. The van der Waals surface area contributed by atoms with E-state index in [4.69, 9.17) is 0 Å². The zero-order chi connectivity index (χ0) is 15.7. The van der Waals surface area contributed by atoms with E-state index in [2.05, 4.69) is 6.92 Å². The minimum absolute atomic E-state index is 0.154. The number of amides is 1. The zero-order valence-electron chi connectivity index (χ0n) is 13.4. The highest BCUT2D eigenvalue weighted by atomic mass is 16.4. The first-order valence-corrected chi connectivity index (χ1v) is 8.24. The molecule has 21 heavy (non-hydrogen) atoms. The zero-order valence-corrected chi connectivity index (χ0v) is 13.4. The molecule has 1 N–H and O–H groups in total. The van der Waals surface area contributed by atoms with Gasteiger partial charge < -0.3 is 10.0 Å². The summed E-state index contributed by atoms with van der Waals surface area (Å²) in [5, 5.41) is 9.54. The summed E-state index contributed by atoms with van der Waals surface area (Å²) in [6.07, 6.45) is 13.3. The van der Waals surface area contributed by atoms with Gasteiger partial charge in [-0.1, -0.05) is 51.2 Å². The molecule has 4 nitrogen and oxygen atoms in total. The fourth-order valence-electron chi connectivity index (χ4n) is 3.07. The van der Waals surface area contributed by atoms with Crippen LogP contribution in [-0.4, -0.2) is 34.0 Å². The Kier molecular flexibility index (Phi) is 7.48. The number of rotatable bonds is 9. The molecule has 1 heterocycles.